The molecule has 338 valence electrons. The van der Waals surface area contributed by atoms with Crippen molar-refractivity contribution in [2.45, 2.75) is 32.4 Å². The summed E-state index contributed by atoms with van der Waals surface area (Å²) < 4.78 is 46.7. The summed E-state index contributed by atoms with van der Waals surface area (Å²) in [6.45, 7) is 14.2. The standard InChI is InChI=1S/C48H54N4O12/c1-50-14-20-60-24-28-64-32-31-63-27-23-59-19-4-16-52-47(55)39-11-7-35-33-5-9-37-43-38(10-6-34(41(33)43)36-8-12-40(48(52)56)44(39)42(35)36)46(54)51(45(37)53)15-3-18-58-22-26-62-30-29-61-25-21-57-17-2-13-49/h5-12,53,56H,2-4,14-32H2. The van der Waals surface area contributed by atoms with Crippen LogP contribution in [0.25, 0.3) is 69.5 Å². The Labute approximate surface area is 369 Å². The molecule has 0 atom stereocenters. The Morgan fingerprint density at radius 3 is 1.11 bits per heavy atom. The van der Waals surface area contributed by atoms with Gasteiger partial charge in [0.05, 0.1) is 98.4 Å². The second kappa shape index (κ2) is 23.3. The smallest absolute Gasteiger partial charge is 0.261 e. The number of benzene rings is 5. The van der Waals surface area contributed by atoms with Gasteiger partial charge in [0.2, 0.25) is 18.3 Å². The number of aromatic hydroxyl groups is 2. The third-order valence-electron chi connectivity index (χ3n) is 11.1. The third kappa shape index (κ3) is 10.5. The largest absolute Gasteiger partial charge is 0.494 e. The molecule has 2 aromatic heterocycles. The first-order chi connectivity index (χ1) is 31.5. The molecule has 0 aliphatic heterocycles. The van der Waals surface area contributed by atoms with Gasteiger partial charge in [-0.3, -0.25) is 18.7 Å². The van der Waals surface area contributed by atoms with E-state index < -0.39 is 0 Å². The summed E-state index contributed by atoms with van der Waals surface area (Å²) in [7, 11) is 0. The lowest BCUT2D eigenvalue weighted by Crippen LogP contribution is -2.22. The molecule has 0 saturated carbocycles. The zero-order valence-electron chi connectivity index (χ0n) is 35.9. The van der Waals surface area contributed by atoms with Crippen LogP contribution in [0.3, 0.4) is 0 Å². The molecule has 2 N–H and O–H groups in total. The van der Waals surface area contributed by atoms with Gasteiger partial charge in [0.25, 0.3) is 11.1 Å². The van der Waals surface area contributed by atoms with Crippen LogP contribution >= 0.6 is 0 Å². The first kappa shape index (κ1) is 46.3. The SMILES string of the molecule is [C-]#[N+]CCOCCOCCOCCOCCCn1c(O)c2ccc3c4ccc5c(=O)n(CCCOCCOCCOCCOCCC#N)c(O)c6ccc(c7ccc(c1=O)c2c37)c4c65. The second-order valence-electron chi connectivity index (χ2n) is 15.1. The average molecular weight is 879 g/mol. The molecule has 0 aliphatic carbocycles. The fourth-order valence-electron chi connectivity index (χ4n) is 8.21. The van der Waals surface area contributed by atoms with Crippen molar-refractivity contribution >= 4 is 64.6 Å². The highest BCUT2D eigenvalue weighted by Gasteiger charge is 2.23. The van der Waals surface area contributed by atoms with E-state index in [0.29, 0.717) is 164 Å². The first-order valence-corrected chi connectivity index (χ1v) is 21.8. The predicted molar refractivity (Wildman–Crippen MR) is 243 cm³/mol. The van der Waals surface area contributed by atoms with Crippen LogP contribution in [0.2, 0.25) is 0 Å². The lowest BCUT2D eigenvalue weighted by atomic mass is 9.86. The molecule has 16 nitrogen and oxygen atoms in total. The van der Waals surface area contributed by atoms with E-state index in [1.54, 1.807) is 0 Å². The van der Waals surface area contributed by atoms with Gasteiger partial charge in [-0.05, 0) is 69.4 Å². The molecule has 7 aromatic rings. The van der Waals surface area contributed by atoms with Crippen LogP contribution in [0.5, 0.6) is 11.8 Å². The maximum atomic E-state index is 14.0. The predicted octanol–water partition coefficient (Wildman–Crippen LogP) is 5.96. The van der Waals surface area contributed by atoms with E-state index in [-0.39, 0.29) is 36.0 Å². The molecule has 0 unspecified atom stereocenters. The highest BCUT2D eigenvalue weighted by molar-refractivity contribution is 6.39. The van der Waals surface area contributed by atoms with Crippen LogP contribution < -0.4 is 11.1 Å². The van der Waals surface area contributed by atoms with Crippen molar-refractivity contribution in [1.29, 1.82) is 5.26 Å². The molecule has 64 heavy (non-hydrogen) atoms. The van der Waals surface area contributed by atoms with Gasteiger partial charge in [-0.2, -0.15) is 5.26 Å². The lowest BCUT2D eigenvalue weighted by Gasteiger charge is -2.20. The molecule has 7 rings (SSSR count). The van der Waals surface area contributed by atoms with Gasteiger partial charge >= 0.3 is 0 Å². The Hall–Kier alpha value is -5.66. The summed E-state index contributed by atoms with van der Waals surface area (Å²) in [5.41, 5.74) is -0.580. The summed E-state index contributed by atoms with van der Waals surface area (Å²) in [6, 6.07) is 17.1. The van der Waals surface area contributed by atoms with Gasteiger partial charge in [0, 0.05) is 58.6 Å². The number of fused-ring (bicyclic) bond motifs is 2. The second-order valence-corrected chi connectivity index (χ2v) is 15.1. The van der Waals surface area contributed by atoms with E-state index in [0.717, 1.165) is 32.3 Å². The number of aromatic nitrogens is 2. The molecule has 0 radical (unpaired) electrons. The minimum absolute atomic E-state index is 0.102. The third-order valence-corrected chi connectivity index (χ3v) is 11.1. The normalized spacial score (nSPS) is 12.0. The molecule has 2 heterocycles. The average Bonchev–Trinajstić information content (AvgIpc) is 3.31. The Morgan fingerprint density at radius 1 is 0.453 bits per heavy atom. The molecule has 0 aliphatic rings. The number of ether oxygens (including phenoxy) is 8. The summed E-state index contributed by atoms with van der Waals surface area (Å²) in [4.78, 5) is 31.2. The van der Waals surface area contributed by atoms with Gasteiger partial charge in [0.15, 0.2) is 0 Å². The monoisotopic (exact) mass is 878 g/mol. The molecule has 0 spiro atoms. The zero-order chi connectivity index (χ0) is 44.7. The van der Waals surface area contributed by atoms with Crippen molar-refractivity contribution < 1.29 is 48.1 Å². The number of rotatable bonds is 30. The number of hydrogen-bond acceptors (Lipinski definition) is 13. The molecule has 16 heteroatoms. The zero-order valence-corrected chi connectivity index (χ0v) is 35.9. The fourth-order valence-corrected chi connectivity index (χ4v) is 8.21. The van der Waals surface area contributed by atoms with E-state index >= 15 is 0 Å². The van der Waals surface area contributed by atoms with Crippen molar-refractivity contribution in [2.75, 3.05) is 112 Å². The van der Waals surface area contributed by atoms with Crippen molar-refractivity contribution in [3.63, 3.8) is 0 Å². The quantitative estimate of drug-likeness (QED) is 0.0234. The first-order valence-electron chi connectivity index (χ1n) is 21.8. The number of nitriles is 1. The Bertz CT molecular complexity index is 2610. The van der Waals surface area contributed by atoms with Gasteiger partial charge in [0.1, 0.15) is 6.61 Å². The summed E-state index contributed by atoms with van der Waals surface area (Å²) in [5.74, 6) is -0.205. The Morgan fingerprint density at radius 2 is 0.750 bits per heavy atom. The number of pyridine rings is 2. The highest BCUT2D eigenvalue weighted by Crippen LogP contribution is 2.46. The number of nitrogens with zero attached hydrogens (tertiary/aromatic N) is 4. The molecular formula is C48H54N4O12. The molecule has 0 amide bonds. The molecule has 0 fully saturated rings. The minimum atomic E-state index is -0.290. The van der Waals surface area contributed by atoms with Crippen molar-refractivity contribution in [3.05, 3.63) is 80.7 Å². The van der Waals surface area contributed by atoms with E-state index in [4.69, 9.17) is 49.7 Å². The fraction of sp³-hybridized carbons (Fsp3) is 0.458. The Balaban J connectivity index is 0.969. The summed E-state index contributed by atoms with van der Waals surface area (Å²) >= 11 is 0. The highest BCUT2D eigenvalue weighted by atomic mass is 16.6. The maximum Gasteiger partial charge on any atom is 0.261 e. The van der Waals surface area contributed by atoms with Gasteiger partial charge in [-0.1, -0.05) is 24.3 Å². The maximum absolute atomic E-state index is 14.0. The Kier molecular flexibility index (Phi) is 16.9. The van der Waals surface area contributed by atoms with Crippen LogP contribution in [0.15, 0.2) is 58.1 Å². The summed E-state index contributed by atoms with van der Waals surface area (Å²) in [5, 5.41) is 40.3. The van der Waals surface area contributed by atoms with E-state index in [1.165, 1.54) is 9.13 Å². The van der Waals surface area contributed by atoms with Gasteiger partial charge in [-0.15, -0.1) is 0 Å². The van der Waals surface area contributed by atoms with Gasteiger partial charge in [-0.25, -0.2) is 6.57 Å². The van der Waals surface area contributed by atoms with Crippen LogP contribution in [0, 0.1) is 17.9 Å². The number of hydrogen-bond donors (Lipinski definition) is 2. The van der Waals surface area contributed by atoms with E-state index in [1.807, 2.05) is 54.6 Å². The van der Waals surface area contributed by atoms with Gasteiger partial charge < -0.3 is 53.0 Å². The molecule has 0 bridgehead atoms. The van der Waals surface area contributed by atoms with Crippen LogP contribution in [-0.2, 0) is 51.0 Å². The van der Waals surface area contributed by atoms with Crippen LogP contribution in [0.1, 0.15) is 19.3 Å². The summed E-state index contributed by atoms with van der Waals surface area (Å²) in [6.07, 6.45) is 1.37. The van der Waals surface area contributed by atoms with Crippen molar-refractivity contribution in [2.24, 2.45) is 0 Å². The molecular weight excluding hydrogens is 825 g/mol. The van der Waals surface area contributed by atoms with Crippen LogP contribution in [0.4, 0.5) is 0 Å². The van der Waals surface area contributed by atoms with Crippen molar-refractivity contribution in [1.82, 2.24) is 9.13 Å². The minimum Gasteiger partial charge on any atom is -0.494 e. The topological polar surface area (TPSA) is 186 Å². The van der Waals surface area contributed by atoms with Crippen molar-refractivity contribution in [3.8, 4) is 17.8 Å². The molecule has 0 saturated heterocycles. The molecule has 5 aromatic carbocycles. The van der Waals surface area contributed by atoms with E-state index in [9.17, 15) is 19.8 Å². The van der Waals surface area contributed by atoms with E-state index in [2.05, 4.69) is 4.85 Å². The van der Waals surface area contributed by atoms with Crippen LogP contribution in [-0.4, -0.2) is 132 Å². The lowest BCUT2D eigenvalue weighted by molar-refractivity contribution is -0.00173.